The van der Waals surface area contributed by atoms with Gasteiger partial charge in [-0.05, 0) is 64.7 Å². The zero-order valence-corrected chi connectivity index (χ0v) is 19.7. The Morgan fingerprint density at radius 3 is 2.57 bits per heavy atom. The van der Waals surface area contributed by atoms with Crippen molar-refractivity contribution in [3.05, 3.63) is 66.6 Å². The largest absolute Gasteiger partial charge is 0.486 e. The van der Waals surface area contributed by atoms with Crippen LogP contribution in [0.15, 0.2) is 40.4 Å². The lowest BCUT2D eigenvalue weighted by Gasteiger charge is -2.13. The van der Waals surface area contributed by atoms with E-state index in [2.05, 4.69) is 21.2 Å². The Labute approximate surface area is 198 Å². The van der Waals surface area contributed by atoms with Crippen LogP contribution < -0.4 is 10.1 Å². The molecule has 0 radical (unpaired) electrons. The molecule has 0 aliphatic heterocycles. The molecule has 4 nitrogen and oxygen atoms in total. The SMILES string of the molecule is N#C/C(=C/c1cc(Cl)c(OCc2ccc(Cl)cc2Cl)c(Br)c1)C(=O)NC1CCCC1. The normalized spacial score (nSPS) is 14.4. The number of carbonyl (C=O) groups excluding carboxylic acids is 1. The molecule has 1 fully saturated rings. The van der Waals surface area contributed by atoms with E-state index in [1.807, 2.05) is 6.07 Å². The van der Waals surface area contributed by atoms with Gasteiger partial charge in [-0.15, -0.1) is 0 Å². The van der Waals surface area contributed by atoms with E-state index < -0.39 is 0 Å². The van der Waals surface area contributed by atoms with Crippen LogP contribution in [0.5, 0.6) is 5.75 Å². The van der Waals surface area contributed by atoms with Crippen molar-refractivity contribution < 1.29 is 9.53 Å². The molecule has 1 amide bonds. The van der Waals surface area contributed by atoms with Crippen molar-refractivity contribution in [2.75, 3.05) is 0 Å². The van der Waals surface area contributed by atoms with Crippen molar-refractivity contribution in [1.82, 2.24) is 5.32 Å². The Morgan fingerprint density at radius 2 is 1.93 bits per heavy atom. The molecule has 2 aromatic carbocycles. The highest BCUT2D eigenvalue weighted by molar-refractivity contribution is 9.10. The van der Waals surface area contributed by atoms with Crippen molar-refractivity contribution in [2.24, 2.45) is 0 Å². The molecule has 0 aromatic heterocycles. The molecule has 0 saturated heterocycles. The van der Waals surface area contributed by atoms with E-state index in [0.29, 0.717) is 30.9 Å². The smallest absolute Gasteiger partial charge is 0.262 e. The second-order valence-electron chi connectivity index (χ2n) is 6.96. The summed E-state index contributed by atoms with van der Waals surface area (Å²) < 4.78 is 6.42. The first-order chi connectivity index (χ1) is 14.4. The first-order valence-electron chi connectivity index (χ1n) is 9.36. The van der Waals surface area contributed by atoms with E-state index in [1.54, 1.807) is 30.3 Å². The van der Waals surface area contributed by atoms with Gasteiger partial charge in [0.2, 0.25) is 0 Å². The maximum atomic E-state index is 12.4. The van der Waals surface area contributed by atoms with Gasteiger partial charge in [-0.3, -0.25) is 4.79 Å². The van der Waals surface area contributed by atoms with E-state index in [9.17, 15) is 10.1 Å². The average Bonchev–Trinajstić information content (AvgIpc) is 3.19. The topological polar surface area (TPSA) is 62.1 Å². The molecule has 0 bridgehead atoms. The summed E-state index contributed by atoms with van der Waals surface area (Å²) in [5.74, 6) is 0.0723. The third-order valence-corrected chi connectivity index (χ3v) is 6.23. The zero-order valence-electron chi connectivity index (χ0n) is 15.9. The number of hydrogen-bond donors (Lipinski definition) is 1. The molecular formula is C22H18BrCl3N2O2. The molecule has 0 unspecified atom stereocenters. The minimum absolute atomic E-state index is 0.0338. The van der Waals surface area contributed by atoms with Gasteiger partial charge in [0.15, 0.2) is 5.75 Å². The molecular weight excluding hydrogens is 511 g/mol. The van der Waals surface area contributed by atoms with Gasteiger partial charge in [-0.25, -0.2) is 0 Å². The lowest BCUT2D eigenvalue weighted by molar-refractivity contribution is -0.117. The predicted octanol–water partition coefficient (Wildman–Crippen LogP) is 6.95. The van der Waals surface area contributed by atoms with Gasteiger partial charge in [0.1, 0.15) is 18.2 Å². The molecule has 156 valence electrons. The fraction of sp³-hybridized carbons (Fsp3) is 0.273. The second kappa shape index (κ2) is 10.5. The maximum Gasteiger partial charge on any atom is 0.262 e. The van der Waals surface area contributed by atoms with Crippen LogP contribution in [-0.2, 0) is 11.4 Å². The Hall–Kier alpha value is -1.71. The number of ether oxygens (including phenoxy) is 1. The van der Waals surface area contributed by atoms with Crippen LogP contribution in [0.4, 0.5) is 0 Å². The molecule has 1 aliphatic carbocycles. The average molecular weight is 529 g/mol. The van der Waals surface area contributed by atoms with Crippen molar-refractivity contribution in [3.63, 3.8) is 0 Å². The minimum Gasteiger partial charge on any atom is -0.486 e. The van der Waals surface area contributed by atoms with Gasteiger partial charge >= 0.3 is 0 Å². The molecule has 1 saturated carbocycles. The fourth-order valence-electron chi connectivity index (χ4n) is 3.24. The van der Waals surface area contributed by atoms with Crippen LogP contribution in [0.1, 0.15) is 36.8 Å². The van der Waals surface area contributed by atoms with Crippen LogP contribution in [0.2, 0.25) is 15.1 Å². The molecule has 0 spiro atoms. The third-order valence-electron chi connectivity index (χ3n) is 4.77. The fourth-order valence-corrected chi connectivity index (χ4v) is 4.69. The number of nitriles is 1. The lowest BCUT2D eigenvalue weighted by Crippen LogP contribution is -2.33. The summed E-state index contributed by atoms with van der Waals surface area (Å²) in [4.78, 5) is 12.4. The number of nitrogens with zero attached hydrogens (tertiary/aromatic N) is 1. The van der Waals surface area contributed by atoms with Gasteiger partial charge in [0.05, 0.1) is 9.50 Å². The number of nitrogens with one attached hydrogen (secondary N) is 1. The molecule has 1 N–H and O–H groups in total. The first-order valence-corrected chi connectivity index (χ1v) is 11.3. The van der Waals surface area contributed by atoms with Gasteiger partial charge in [-0.2, -0.15) is 5.26 Å². The lowest BCUT2D eigenvalue weighted by atomic mass is 10.1. The summed E-state index contributed by atoms with van der Waals surface area (Å²) in [6, 6.07) is 10.7. The van der Waals surface area contributed by atoms with Crippen LogP contribution in [-0.4, -0.2) is 11.9 Å². The second-order valence-corrected chi connectivity index (χ2v) is 9.07. The molecule has 0 heterocycles. The zero-order chi connectivity index (χ0) is 21.7. The number of rotatable bonds is 6. The monoisotopic (exact) mass is 526 g/mol. The summed E-state index contributed by atoms with van der Waals surface area (Å²) >= 11 is 21.9. The molecule has 30 heavy (non-hydrogen) atoms. The Balaban J connectivity index is 1.75. The van der Waals surface area contributed by atoms with Crippen LogP contribution >= 0.6 is 50.7 Å². The molecule has 8 heteroatoms. The van der Waals surface area contributed by atoms with E-state index in [-0.39, 0.29) is 24.1 Å². The molecule has 2 aromatic rings. The number of amides is 1. The quantitative estimate of drug-likeness (QED) is 0.326. The summed E-state index contributed by atoms with van der Waals surface area (Å²) in [5.41, 5.74) is 1.41. The number of hydrogen-bond acceptors (Lipinski definition) is 3. The Morgan fingerprint density at radius 1 is 1.20 bits per heavy atom. The van der Waals surface area contributed by atoms with Crippen molar-refractivity contribution in [2.45, 2.75) is 38.3 Å². The highest BCUT2D eigenvalue weighted by atomic mass is 79.9. The van der Waals surface area contributed by atoms with E-state index in [4.69, 9.17) is 39.5 Å². The standard InChI is InChI=1S/C22H18BrCl3N2O2/c23-18-8-13(7-15(11-27)22(29)28-17-3-1-2-4-17)9-20(26)21(18)30-12-14-5-6-16(24)10-19(14)25/h5-10,17H,1-4,12H2,(H,28,29)/b15-7-. The van der Waals surface area contributed by atoms with Crippen LogP contribution in [0, 0.1) is 11.3 Å². The number of benzene rings is 2. The summed E-state index contributed by atoms with van der Waals surface area (Å²) in [6.45, 7) is 0.205. The maximum absolute atomic E-state index is 12.4. The summed E-state index contributed by atoms with van der Waals surface area (Å²) in [6.07, 6.45) is 5.61. The van der Waals surface area contributed by atoms with Crippen LogP contribution in [0.3, 0.4) is 0 Å². The summed E-state index contributed by atoms with van der Waals surface area (Å²) in [5, 5.41) is 13.7. The van der Waals surface area contributed by atoms with Gasteiger partial charge in [-0.1, -0.05) is 53.7 Å². The Kier molecular flexibility index (Phi) is 8.07. The van der Waals surface area contributed by atoms with Crippen molar-refractivity contribution in [3.8, 4) is 11.8 Å². The van der Waals surface area contributed by atoms with Crippen LogP contribution in [0.25, 0.3) is 6.08 Å². The third kappa shape index (κ3) is 5.92. The molecule has 1 aliphatic rings. The first kappa shape index (κ1) is 23.0. The van der Waals surface area contributed by atoms with E-state index >= 15 is 0 Å². The minimum atomic E-state index is -0.366. The van der Waals surface area contributed by atoms with Gasteiger partial charge in [0.25, 0.3) is 5.91 Å². The van der Waals surface area contributed by atoms with Crippen molar-refractivity contribution in [1.29, 1.82) is 5.26 Å². The molecule has 3 rings (SSSR count). The Bertz CT molecular complexity index is 1000. The van der Waals surface area contributed by atoms with Crippen molar-refractivity contribution >= 4 is 62.7 Å². The summed E-state index contributed by atoms with van der Waals surface area (Å²) in [7, 11) is 0. The number of carbonyl (C=O) groups is 1. The predicted molar refractivity (Wildman–Crippen MR) is 124 cm³/mol. The highest BCUT2D eigenvalue weighted by Gasteiger charge is 2.19. The van der Waals surface area contributed by atoms with Gasteiger partial charge < -0.3 is 10.1 Å². The number of halogens is 4. The van der Waals surface area contributed by atoms with E-state index in [0.717, 1.165) is 31.2 Å². The van der Waals surface area contributed by atoms with E-state index in [1.165, 1.54) is 6.08 Å². The molecule has 0 atom stereocenters. The van der Waals surface area contributed by atoms with Gasteiger partial charge in [0, 0.05) is 21.7 Å². The highest BCUT2D eigenvalue weighted by Crippen LogP contribution is 2.36.